The van der Waals surface area contributed by atoms with Crippen LogP contribution in [0.4, 0.5) is 0 Å². The second-order valence-corrected chi connectivity index (χ2v) is 132. The van der Waals surface area contributed by atoms with Crippen molar-refractivity contribution in [1.82, 2.24) is 0 Å². The molecule has 566 valence electrons. The van der Waals surface area contributed by atoms with Gasteiger partial charge in [0.05, 0.1) is 0 Å². The molecular weight excluding hydrogens is 2630 g/mol. The Labute approximate surface area is 764 Å². The van der Waals surface area contributed by atoms with E-state index in [1.807, 2.05) is 403 Å². The zero-order valence-electron chi connectivity index (χ0n) is 47.8. The fraction of sp³-hybridized carbons (Fsp3) is 0.533. The van der Waals surface area contributed by atoms with Gasteiger partial charge in [0.1, 0.15) is 0 Å². The molecule has 0 atom stereocenters. The molecule has 0 bridgehead atoms. The van der Waals surface area contributed by atoms with Crippen LogP contribution >= 0.6 is 22.6 Å². The summed E-state index contributed by atoms with van der Waals surface area (Å²) < 4.78 is 7.87. The maximum Gasteiger partial charge on any atom is 0.373 e. The Hall–Kier alpha value is 12.1. The molecule has 0 unspecified atom stereocenters. The van der Waals surface area contributed by atoms with E-state index in [0.29, 0.717) is 0 Å². The number of rotatable bonds is 12. The van der Waals surface area contributed by atoms with Crippen molar-refractivity contribution in [3.63, 3.8) is 0 Å². The molecule has 2 rings (SSSR count). The van der Waals surface area contributed by atoms with Crippen molar-refractivity contribution in [2.75, 3.05) is 0 Å². The summed E-state index contributed by atoms with van der Waals surface area (Å²) in [5.74, 6) is 0. The van der Waals surface area contributed by atoms with Gasteiger partial charge < -0.3 is 0 Å². The minimum Gasteiger partial charge on any atom is -0.186 e. The van der Waals surface area contributed by atoms with E-state index >= 15 is 0 Å². The largest absolute Gasteiger partial charge is 0.373 e. The van der Waals surface area contributed by atoms with Crippen molar-refractivity contribution >= 4 is 603 Å². The average molecular weight is 2670 g/mol. The molecule has 67 heteroatoms. The molecule has 0 saturated carbocycles. The van der Waals surface area contributed by atoms with Crippen LogP contribution < -0.4 is 3.58 Å². The number of aryl methyl sites for hydroxylation is 2. The van der Waals surface area contributed by atoms with E-state index in [1.54, 1.807) is 120 Å². The molecule has 0 fully saturated rings. The molecule has 0 aliphatic carbocycles. The molecule has 0 saturated heterocycles. The quantitative estimate of drug-likeness (QED) is 0.160. The van der Waals surface area contributed by atoms with Gasteiger partial charge in [0.2, 0.25) is 0 Å². The third-order valence-corrected chi connectivity index (χ3v) is 153. The maximum absolute atomic E-state index is 8.12. The molecule has 4 nitrogen and oxygen atoms in total. The topological polar surface area (TPSA) is 68.3 Å². The third-order valence-electron chi connectivity index (χ3n) is 7.93. The predicted molar refractivity (Wildman–Crippen MR) is 608 cm³/mol. The molecule has 0 spiro atoms. The fourth-order valence-corrected chi connectivity index (χ4v) is 178. The van der Waals surface area contributed by atoms with Crippen LogP contribution in [0.2, 0.25) is 13.3 Å². The molecule has 97 heavy (non-hydrogen) atoms. The van der Waals surface area contributed by atoms with E-state index in [1.165, 1.54) is 77.4 Å². The molecule has 0 radical (unpaired) electrons. The standard InChI is InChI=1S/C8H9I.C8H9.3C4H9.2CO2.S61.Sn/c1-2-7-3-5-8(9)6-4-7;1-2-8-6-4-3-5-7-8;3*1-3-4-2;2*2-1-3;1-3-5-7-9-11-13-15-17-19-21-23-25-27-29-31-33-35-37-39-41-43-45-47-49-51-53-55-57-59-61-60-58-56-54-52-50-48-46-44-42-40-38-36-34-32-30-28-26-24-22-20-18-16-14-12-10-8-6-4-2;/h3-6H,2H2,1H3;4-7H,2H2,1H3;3*1,3-4H2,2H3;;;;. The Balaban J connectivity index is -0.00000196. The molecule has 0 N–H and O–H groups in total. The van der Waals surface area contributed by atoms with Crippen molar-refractivity contribution in [1.29, 1.82) is 0 Å². The van der Waals surface area contributed by atoms with Crippen molar-refractivity contribution in [2.45, 2.75) is 99.3 Å². The van der Waals surface area contributed by atoms with Crippen LogP contribution in [0.3, 0.4) is 0 Å². The van der Waals surface area contributed by atoms with E-state index < -0.39 is 18.4 Å². The van der Waals surface area contributed by atoms with Crippen LogP contribution in [0.25, 0.3) is 0 Å². The van der Waals surface area contributed by atoms with Crippen molar-refractivity contribution in [2.24, 2.45) is 0 Å². The van der Waals surface area contributed by atoms with Gasteiger partial charge in [-0.3, -0.25) is 0 Å². The summed E-state index contributed by atoms with van der Waals surface area (Å²) >= 11 is 9.81. The van der Waals surface area contributed by atoms with E-state index in [9.17, 15) is 0 Å². The summed E-state index contributed by atoms with van der Waals surface area (Å²) in [6.07, 6.45) is 11.3. The molecule has 2 aromatic rings. The van der Waals surface area contributed by atoms with Gasteiger partial charge in [-0.25, -0.2) is 0 Å². The zero-order chi connectivity index (χ0) is 71.4. The number of hydrogen-bond donors (Lipinski definition) is 0. The number of carbonyl (C=O) groups excluding carboxylic acids is 4. The van der Waals surface area contributed by atoms with Gasteiger partial charge in [0, 0.05) is 550 Å². The number of unbranched alkanes of at least 4 members (excludes halogenated alkanes) is 3. The van der Waals surface area contributed by atoms with E-state index in [2.05, 4.69) is 106 Å². The molecule has 2 aromatic carbocycles. The molecule has 0 aliphatic heterocycles. The Morgan fingerprint density at radius 3 is 0.546 bits per heavy atom. The first-order chi connectivity index (χ1) is 47.8. The first kappa shape index (κ1) is 113. The number of benzene rings is 2. The molecule has 0 amide bonds. The zero-order valence-corrected chi connectivity index (χ0v) is 103. The molecule has 0 aromatic heterocycles. The van der Waals surface area contributed by atoms with Gasteiger partial charge in [0.15, 0.2) is 0 Å². The Bertz CT molecular complexity index is 5520. The van der Waals surface area contributed by atoms with Gasteiger partial charge in [-0.15, -0.1) is 0 Å². The molecular formula is C30H45IO4S61Sn. The minimum atomic E-state index is -2.15. The summed E-state index contributed by atoms with van der Waals surface area (Å²) in [5, 5.41) is 0. The summed E-state index contributed by atoms with van der Waals surface area (Å²) in [6, 6.07) is 18.5. The van der Waals surface area contributed by atoms with Gasteiger partial charge in [-0.1, -0.05) is 19.1 Å². The van der Waals surface area contributed by atoms with Crippen LogP contribution in [-0.4, -0.2) is 30.7 Å². The smallest absolute Gasteiger partial charge is 0.186 e. The van der Waals surface area contributed by atoms with Crippen molar-refractivity contribution in [3.8, 4) is 0 Å². The monoisotopic (exact) mass is 2670 g/mol. The summed E-state index contributed by atoms with van der Waals surface area (Å²) in [4.78, 5) is 32.5. The SMILES string of the molecule is CCC[CH2][Sn]([CH2]CCC)([CH2]CCC)[c]1ccc(CC)cc1.CCc1ccc(I)cc1.O=C=O.O=C=O.S=S=S=S=S=S=S=S=S=S=S=S=S=S=S=S=S=S=S=S=S=S=S=S=S=S=S=S=S=S=S=S=S=S=S=S=S=S=S=S=S=S=S=S=S=S=S=S=S=S=S=S=S=S=S=S=S=S=S=S=S. The predicted octanol–water partition coefficient (Wildman–Crippen LogP) is 7.85. The minimum absolute atomic E-state index is 0.250. The number of halogens is 1. The van der Waals surface area contributed by atoms with Gasteiger partial charge >= 0.3 is 150 Å². The molecule has 0 aliphatic rings. The van der Waals surface area contributed by atoms with E-state index in [4.69, 9.17) is 41.6 Å². The molecule has 0 heterocycles. The Morgan fingerprint density at radius 2 is 0.412 bits per heavy atom. The summed E-state index contributed by atoms with van der Waals surface area (Å²) in [5.41, 5.74) is 2.91. The summed E-state index contributed by atoms with van der Waals surface area (Å²) in [6.45, 7) is 11.5. The van der Waals surface area contributed by atoms with Crippen LogP contribution in [0.15, 0.2) is 48.5 Å². The summed E-state index contributed by atoms with van der Waals surface area (Å²) in [7, 11) is 106. The van der Waals surface area contributed by atoms with Crippen molar-refractivity contribution in [3.05, 3.63) is 63.2 Å². The Kier molecular flexibility index (Phi) is 120. The first-order valence-electron chi connectivity index (χ1n) is 23.2. The van der Waals surface area contributed by atoms with Crippen molar-refractivity contribution < 1.29 is 19.2 Å². The van der Waals surface area contributed by atoms with E-state index in [-0.39, 0.29) is 12.3 Å². The Morgan fingerprint density at radius 1 is 0.268 bits per heavy atom. The van der Waals surface area contributed by atoms with Gasteiger partial charge in [-0.2, -0.15) is 19.2 Å². The normalized spacial score (nSPS) is 8.52. The van der Waals surface area contributed by atoms with Gasteiger partial charge in [-0.05, 0) is 46.7 Å². The second kappa shape index (κ2) is 102. The number of hydrogen-bond acceptors (Lipinski definition) is 6. The van der Waals surface area contributed by atoms with E-state index in [0.717, 1.165) is 6.42 Å². The van der Waals surface area contributed by atoms with Crippen LogP contribution in [0.1, 0.15) is 84.3 Å². The average Bonchev–Trinajstić information content (AvgIpc) is 0.846. The van der Waals surface area contributed by atoms with Crippen LogP contribution in [-0.2, 0) is 578 Å². The van der Waals surface area contributed by atoms with Gasteiger partial charge in [0.25, 0.3) is 0 Å². The second-order valence-electron chi connectivity index (χ2n) is 12.8. The third kappa shape index (κ3) is 91.9. The first-order valence-corrected chi connectivity index (χ1v) is 112. The fourth-order valence-electron chi connectivity index (χ4n) is 4.81. The van der Waals surface area contributed by atoms with Crippen LogP contribution in [0, 0.1) is 3.57 Å². The maximum atomic E-state index is 8.12. The van der Waals surface area contributed by atoms with Crippen LogP contribution in [0.5, 0.6) is 0 Å².